The molecule has 0 radical (unpaired) electrons. The van der Waals surface area contributed by atoms with Gasteiger partial charge in [0.15, 0.2) is 5.96 Å². The van der Waals surface area contributed by atoms with Gasteiger partial charge in [-0.05, 0) is 50.2 Å². The number of aromatic nitrogens is 1. The van der Waals surface area contributed by atoms with Crippen LogP contribution in [0.2, 0.25) is 0 Å². The van der Waals surface area contributed by atoms with Crippen molar-refractivity contribution in [2.75, 3.05) is 44.7 Å². The van der Waals surface area contributed by atoms with E-state index in [0.29, 0.717) is 13.2 Å². The van der Waals surface area contributed by atoms with E-state index < -0.39 is 0 Å². The molecule has 0 bridgehead atoms. The quantitative estimate of drug-likeness (QED) is 0.273. The van der Waals surface area contributed by atoms with E-state index in [9.17, 15) is 4.79 Å². The van der Waals surface area contributed by atoms with Crippen LogP contribution in [0.25, 0.3) is 0 Å². The summed E-state index contributed by atoms with van der Waals surface area (Å²) >= 11 is 0. The van der Waals surface area contributed by atoms with Crippen molar-refractivity contribution >= 4 is 41.7 Å². The third kappa shape index (κ3) is 6.72. The van der Waals surface area contributed by atoms with Crippen molar-refractivity contribution in [1.82, 2.24) is 15.2 Å². The standard InChI is InChI=1S/C22H35N5O2.HI/c1-4-29-21(28)19-9-13-27(14-10-19)22(23-3)25-16-18-5-6-20(24-15-18)26-11-7-17(2)8-12-26;/h5-6,15,17,19H,4,7-14,16H2,1-3H3,(H,23,25);1H. The molecule has 2 saturated heterocycles. The number of ether oxygens (including phenoxy) is 1. The van der Waals surface area contributed by atoms with E-state index in [-0.39, 0.29) is 35.9 Å². The summed E-state index contributed by atoms with van der Waals surface area (Å²) in [6.45, 7) is 9.14. The molecule has 0 aliphatic carbocycles. The first-order valence-corrected chi connectivity index (χ1v) is 10.9. The fourth-order valence-electron chi connectivity index (χ4n) is 4.05. The Kier molecular flexibility index (Phi) is 10.1. The highest BCUT2D eigenvalue weighted by molar-refractivity contribution is 14.0. The summed E-state index contributed by atoms with van der Waals surface area (Å²) in [6.07, 6.45) is 6.07. The van der Waals surface area contributed by atoms with Gasteiger partial charge in [-0.1, -0.05) is 13.0 Å². The molecular weight excluding hydrogens is 493 g/mol. The van der Waals surface area contributed by atoms with E-state index in [1.54, 1.807) is 7.05 Å². The monoisotopic (exact) mass is 529 g/mol. The molecule has 8 heteroatoms. The summed E-state index contributed by atoms with van der Waals surface area (Å²) in [4.78, 5) is 25.6. The average Bonchev–Trinajstić information content (AvgIpc) is 2.76. The summed E-state index contributed by atoms with van der Waals surface area (Å²) in [6, 6.07) is 4.27. The molecule has 1 N–H and O–H groups in total. The second kappa shape index (κ2) is 12.3. The Morgan fingerprint density at radius 3 is 2.47 bits per heavy atom. The van der Waals surface area contributed by atoms with Gasteiger partial charge in [0.2, 0.25) is 0 Å². The first kappa shape index (κ1) is 24.7. The largest absolute Gasteiger partial charge is 0.466 e. The van der Waals surface area contributed by atoms with Crippen molar-refractivity contribution in [1.29, 1.82) is 0 Å². The first-order valence-electron chi connectivity index (χ1n) is 10.9. The number of likely N-dealkylation sites (tertiary alicyclic amines) is 1. The van der Waals surface area contributed by atoms with Gasteiger partial charge in [-0.25, -0.2) is 4.98 Å². The lowest BCUT2D eigenvalue weighted by Crippen LogP contribution is -2.46. The Bertz CT molecular complexity index is 681. The predicted octanol–water partition coefficient (Wildman–Crippen LogP) is 3.29. The smallest absolute Gasteiger partial charge is 0.309 e. The van der Waals surface area contributed by atoms with Gasteiger partial charge in [0, 0.05) is 46.0 Å². The Hall–Kier alpha value is -1.58. The number of anilines is 1. The normalized spacial score (nSPS) is 18.7. The SMILES string of the molecule is CCOC(=O)C1CCN(C(=NC)NCc2ccc(N3CCC(C)CC3)nc2)CC1.I. The number of esters is 1. The van der Waals surface area contributed by atoms with Crippen LogP contribution in [-0.4, -0.2) is 61.6 Å². The summed E-state index contributed by atoms with van der Waals surface area (Å²) in [5, 5.41) is 3.44. The number of nitrogens with one attached hydrogen (secondary N) is 1. The summed E-state index contributed by atoms with van der Waals surface area (Å²) in [5.41, 5.74) is 1.14. The van der Waals surface area contributed by atoms with Gasteiger partial charge < -0.3 is 19.9 Å². The van der Waals surface area contributed by atoms with Crippen molar-refractivity contribution in [2.45, 2.75) is 46.1 Å². The van der Waals surface area contributed by atoms with E-state index in [4.69, 9.17) is 4.74 Å². The number of hydrogen-bond donors (Lipinski definition) is 1. The molecule has 0 saturated carbocycles. The van der Waals surface area contributed by atoms with E-state index in [0.717, 1.165) is 62.3 Å². The highest BCUT2D eigenvalue weighted by atomic mass is 127. The van der Waals surface area contributed by atoms with Crippen molar-refractivity contribution in [3.05, 3.63) is 23.9 Å². The predicted molar refractivity (Wildman–Crippen MR) is 131 cm³/mol. The van der Waals surface area contributed by atoms with Gasteiger partial charge in [-0.15, -0.1) is 24.0 Å². The molecule has 1 aromatic rings. The summed E-state index contributed by atoms with van der Waals surface area (Å²) in [7, 11) is 1.80. The van der Waals surface area contributed by atoms with Crippen LogP contribution < -0.4 is 10.2 Å². The Balaban J connectivity index is 0.00000320. The molecule has 30 heavy (non-hydrogen) atoms. The summed E-state index contributed by atoms with van der Waals surface area (Å²) < 4.78 is 5.15. The van der Waals surface area contributed by atoms with Crippen LogP contribution in [0, 0.1) is 11.8 Å². The van der Waals surface area contributed by atoms with Crippen LogP contribution in [0.4, 0.5) is 5.82 Å². The third-order valence-electron chi connectivity index (χ3n) is 5.99. The van der Waals surface area contributed by atoms with Gasteiger partial charge >= 0.3 is 5.97 Å². The van der Waals surface area contributed by atoms with Crippen LogP contribution in [0.1, 0.15) is 45.1 Å². The number of carbonyl (C=O) groups is 1. The summed E-state index contributed by atoms with van der Waals surface area (Å²) in [5.74, 6) is 2.72. The molecule has 0 spiro atoms. The minimum Gasteiger partial charge on any atom is -0.466 e. The van der Waals surface area contributed by atoms with Crippen LogP contribution in [0.15, 0.2) is 23.3 Å². The number of aliphatic imine (C=N–C) groups is 1. The van der Waals surface area contributed by atoms with Crippen LogP contribution in [-0.2, 0) is 16.1 Å². The molecule has 0 amide bonds. The minimum atomic E-state index is -0.0653. The molecular formula is C22H36IN5O2. The molecule has 0 aromatic carbocycles. The molecule has 3 heterocycles. The molecule has 3 rings (SSSR count). The maximum absolute atomic E-state index is 11.9. The number of hydrogen-bond acceptors (Lipinski definition) is 5. The number of pyridine rings is 1. The molecule has 2 fully saturated rings. The maximum atomic E-state index is 11.9. The van der Waals surface area contributed by atoms with E-state index in [1.807, 2.05) is 13.1 Å². The fourth-order valence-corrected chi connectivity index (χ4v) is 4.05. The highest BCUT2D eigenvalue weighted by Gasteiger charge is 2.27. The minimum absolute atomic E-state index is 0. The third-order valence-corrected chi connectivity index (χ3v) is 5.99. The number of piperidine rings is 2. The lowest BCUT2D eigenvalue weighted by Gasteiger charge is -2.33. The molecule has 0 unspecified atom stereocenters. The van der Waals surface area contributed by atoms with E-state index >= 15 is 0 Å². The van der Waals surface area contributed by atoms with Crippen molar-refractivity contribution in [3.63, 3.8) is 0 Å². The van der Waals surface area contributed by atoms with Crippen LogP contribution in [0.3, 0.4) is 0 Å². The van der Waals surface area contributed by atoms with Gasteiger partial charge in [0.25, 0.3) is 0 Å². The van der Waals surface area contributed by atoms with Gasteiger partial charge in [-0.3, -0.25) is 9.79 Å². The van der Waals surface area contributed by atoms with Crippen molar-refractivity contribution in [2.24, 2.45) is 16.8 Å². The van der Waals surface area contributed by atoms with Crippen molar-refractivity contribution < 1.29 is 9.53 Å². The van der Waals surface area contributed by atoms with Crippen LogP contribution >= 0.6 is 24.0 Å². The number of guanidine groups is 1. The fraction of sp³-hybridized carbons (Fsp3) is 0.682. The lowest BCUT2D eigenvalue weighted by atomic mass is 9.97. The zero-order valence-electron chi connectivity index (χ0n) is 18.5. The van der Waals surface area contributed by atoms with Gasteiger partial charge in [-0.2, -0.15) is 0 Å². The van der Waals surface area contributed by atoms with E-state index in [2.05, 4.69) is 44.1 Å². The zero-order chi connectivity index (χ0) is 20.6. The average molecular weight is 529 g/mol. The second-order valence-electron chi connectivity index (χ2n) is 8.11. The Labute approximate surface area is 197 Å². The topological polar surface area (TPSA) is 70.1 Å². The zero-order valence-corrected chi connectivity index (χ0v) is 20.8. The van der Waals surface area contributed by atoms with E-state index in [1.165, 1.54) is 12.8 Å². The van der Waals surface area contributed by atoms with Gasteiger partial charge in [0.05, 0.1) is 12.5 Å². The number of nitrogens with zero attached hydrogens (tertiary/aromatic N) is 4. The second-order valence-corrected chi connectivity index (χ2v) is 8.11. The molecule has 1 aromatic heterocycles. The Morgan fingerprint density at radius 1 is 1.20 bits per heavy atom. The molecule has 168 valence electrons. The number of carbonyl (C=O) groups excluding carboxylic acids is 1. The molecule has 2 aliphatic heterocycles. The number of rotatable bonds is 5. The molecule has 0 atom stereocenters. The van der Waals surface area contributed by atoms with Crippen molar-refractivity contribution in [3.8, 4) is 0 Å². The van der Waals surface area contributed by atoms with Gasteiger partial charge in [0.1, 0.15) is 5.82 Å². The maximum Gasteiger partial charge on any atom is 0.309 e. The molecule has 2 aliphatic rings. The molecule has 7 nitrogen and oxygen atoms in total. The highest BCUT2D eigenvalue weighted by Crippen LogP contribution is 2.21. The first-order chi connectivity index (χ1) is 14.1. The lowest BCUT2D eigenvalue weighted by molar-refractivity contribution is -0.149. The van der Waals surface area contributed by atoms with Crippen LogP contribution in [0.5, 0.6) is 0 Å². The number of halogens is 1. The Morgan fingerprint density at radius 2 is 1.90 bits per heavy atom.